The molecule has 0 fully saturated rings. The number of amides is 2. The van der Waals surface area contributed by atoms with E-state index in [0.29, 0.717) is 6.42 Å². The van der Waals surface area contributed by atoms with Crippen LogP contribution >= 0.6 is 0 Å². The van der Waals surface area contributed by atoms with Crippen LogP contribution in [-0.4, -0.2) is 31.6 Å². The maximum absolute atomic E-state index is 11.9. The Morgan fingerprint density at radius 2 is 2.18 bits per heavy atom. The van der Waals surface area contributed by atoms with Crippen LogP contribution in [0.2, 0.25) is 0 Å². The Morgan fingerprint density at radius 1 is 1.47 bits per heavy atom. The Kier molecular flexibility index (Phi) is 3.10. The lowest BCUT2D eigenvalue weighted by molar-refractivity contribution is -0.126. The number of nitrogens with zero attached hydrogens (tertiary/aromatic N) is 1. The lowest BCUT2D eigenvalue weighted by Crippen LogP contribution is -2.47. The third kappa shape index (κ3) is 2.01. The van der Waals surface area contributed by atoms with Gasteiger partial charge in [-0.25, -0.2) is 0 Å². The summed E-state index contributed by atoms with van der Waals surface area (Å²) < 4.78 is 4.82. The fourth-order valence-electron chi connectivity index (χ4n) is 2.11. The molecule has 2 amide bonds. The molecule has 90 valence electrons. The lowest BCUT2D eigenvalue weighted by Gasteiger charge is -2.22. The molecule has 0 aliphatic carbocycles. The first kappa shape index (κ1) is 11.6. The maximum atomic E-state index is 11.9. The van der Waals surface area contributed by atoms with Crippen molar-refractivity contribution in [2.75, 3.05) is 18.6 Å². The smallest absolute Gasteiger partial charge is 0.253 e. The average Bonchev–Trinajstić information content (AvgIpc) is 2.68. The number of methoxy groups -OCH3 is 1. The number of ether oxygens (including phenoxy) is 1. The van der Waals surface area contributed by atoms with Crippen molar-refractivity contribution in [3.05, 3.63) is 29.8 Å². The highest BCUT2D eigenvalue weighted by Crippen LogP contribution is 2.31. The second-order valence-corrected chi connectivity index (χ2v) is 3.95. The summed E-state index contributed by atoms with van der Waals surface area (Å²) in [6, 6.07) is 6.81. The molecule has 1 aromatic rings. The van der Waals surface area contributed by atoms with E-state index < -0.39 is 11.9 Å². The van der Waals surface area contributed by atoms with Crippen LogP contribution in [-0.2, 0) is 20.7 Å². The van der Waals surface area contributed by atoms with E-state index in [9.17, 15) is 9.59 Å². The Bertz CT molecular complexity index is 459. The zero-order valence-corrected chi connectivity index (χ0v) is 9.55. The van der Waals surface area contributed by atoms with Gasteiger partial charge in [0.1, 0.15) is 12.6 Å². The first-order valence-corrected chi connectivity index (χ1v) is 5.33. The monoisotopic (exact) mass is 234 g/mol. The number of hydrogen-bond donors (Lipinski definition) is 1. The van der Waals surface area contributed by atoms with Gasteiger partial charge >= 0.3 is 0 Å². The van der Waals surface area contributed by atoms with Crippen molar-refractivity contribution >= 4 is 17.5 Å². The van der Waals surface area contributed by atoms with E-state index in [4.69, 9.17) is 10.5 Å². The fraction of sp³-hybridized carbons (Fsp3) is 0.333. The van der Waals surface area contributed by atoms with Gasteiger partial charge in [0.15, 0.2) is 0 Å². The molecule has 0 radical (unpaired) electrons. The van der Waals surface area contributed by atoms with Gasteiger partial charge in [0, 0.05) is 19.2 Å². The number of nitrogens with two attached hydrogens (primary N) is 1. The summed E-state index contributed by atoms with van der Waals surface area (Å²) >= 11 is 0. The highest BCUT2D eigenvalue weighted by molar-refractivity contribution is 6.03. The largest absolute Gasteiger partial charge is 0.375 e. The number of primary amides is 1. The lowest BCUT2D eigenvalue weighted by atomic mass is 10.1. The van der Waals surface area contributed by atoms with Gasteiger partial charge in [-0.3, -0.25) is 14.5 Å². The van der Waals surface area contributed by atoms with Gasteiger partial charge in [-0.15, -0.1) is 0 Å². The summed E-state index contributed by atoms with van der Waals surface area (Å²) in [5.74, 6) is -0.744. The standard InChI is InChI=1S/C12H14N2O3/c1-17-7-11(15)14-9-5-3-2-4-8(9)6-10(14)12(13)16/h2-5,10H,6-7H2,1H3,(H2,13,16)/t10-/m1/s1. The average molecular weight is 234 g/mol. The van der Waals surface area contributed by atoms with E-state index in [0.717, 1.165) is 11.3 Å². The number of benzene rings is 1. The van der Waals surface area contributed by atoms with Gasteiger partial charge < -0.3 is 10.5 Å². The summed E-state index contributed by atoms with van der Waals surface area (Å²) in [4.78, 5) is 24.7. The minimum absolute atomic E-state index is 0.0574. The highest BCUT2D eigenvalue weighted by Gasteiger charge is 2.36. The summed E-state index contributed by atoms with van der Waals surface area (Å²) in [5.41, 5.74) is 7.04. The molecule has 1 aliphatic rings. The molecule has 1 atom stereocenters. The van der Waals surface area contributed by atoms with Crippen LogP contribution in [0.5, 0.6) is 0 Å². The van der Waals surface area contributed by atoms with E-state index in [-0.39, 0.29) is 12.5 Å². The molecule has 5 nitrogen and oxygen atoms in total. The molecule has 0 saturated heterocycles. The van der Waals surface area contributed by atoms with E-state index >= 15 is 0 Å². The molecular formula is C12H14N2O3. The molecule has 0 aromatic heterocycles. The number of rotatable bonds is 3. The van der Waals surface area contributed by atoms with Crippen molar-refractivity contribution in [3.8, 4) is 0 Å². The molecule has 0 spiro atoms. The minimum Gasteiger partial charge on any atom is -0.375 e. The van der Waals surface area contributed by atoms with Crippen molar-refractivity contribution in [1.29, 1.82) is 0 Å². The van der Waals surface area contributed by atoms with Gasteiger partial charge in [0.25, 0.3) is 5.91 Å². The normalized spacial score (nSPS) is 17.9. The molecule has 2 rings (SSSR count). The Labute approximate surface area is 99.2 Å². The number of carbonyl (C=O) groups is 2. The minimum atomic E-state index is -0.602. The van der Waals surface area contributed by atoms with E-state index in [1.54, 1.807) is 0 Å². The first-order chi connectivity index (χ1) is 8.15. The third-order valence-electron chi connectivity index (χ3n) is 2.84. The molecule has 0 unspecified atom stereocenters. The van der Waals surface area contributed by atoms with Gasteiger partial charge in [0.2, 0.25) is 5.91 Å². The van der Waals surface area contributed by atoms with E-state index in [1.807, 2.05) is 24.3 Å². The maximum Gasteiger partial charge on any atom is 0.253 e. The van der Waals surface area contributed by atoms with Crippen molar-refractivity contribution in [2.45, 2.75) is 12.5 Å². The van der Waals surface area contributed by atoms with Crippen LogP contribution in [0.25, 0.3) is 0 Å². The molecule has 1 heterocycles. The van der Waals surface area contributed by atoms with Crippen molar-refractivity contribution in [2.24, 2.45) is 5.73 Å². The highest BCUT2D eigenvalue weighted by atomic mass is 16.5. The first-order valence-electron chi connectivity index (χ1n) is 5.33. The number of carbonyl (C=O) groups excluding carboxylic acids is 2. The molecular weight excluding hydrogens is 220 g/mol. The van der Waals surface area contributed by atoms with Crippen molar-refractivity contribution in [1.82, 2.24) is 0 Å². The Morgan fingerprint density at radius 3 is 2.82 bits per heavy atom. The van der Waals surface area contributed by atoms with Gasteiger partial charge in [-0.1, -0.05) is 18.2 Å². The SMILES string of the molecule is COCC(=O)N1c2ccccc2C[C@@H]1C(N)=O. The quantitative estimate of drug-likeness (QED) is 0.804. The zero-order chi connectivity index (χ0) is 12.4. The molecule has 1 aliphatic heterocycles. The van der Waals surface area contributed by atoms with Crippen LogP contribution in [0.4, 0.5) is 5.69 Å². The summed E-state index contributed by atoms with van der Waals surface area (Å²) in [6.45, 7) is -0.0574. The van der Waals surface area contributed by atoms with E-state index in [1.165, 1.54) is 12.0 Å². The number of hydrogen-bond acceptors (Lipinski definition) is 3. The second-order valence-electron chi connectivity index (χ2n) is 3.95. The van der Waals surface area contributed by atoms with E-state index in [2.05, 4.69) is 0 Å². The molecule has 1 aromatic carbocycles. The van der Waals surface area contributed by atoms with Crippen molar-refractivity contribution in [3.63, 3.8) is 0 Å². The second kappa shape index (κ2) is 4.55. The number of anilines is 1. The van der Waals surface area contributed by atoms with Crippen LogP contribution in [0, 0.1) is 0 Å². The topological polar surface area (TPSA) is 72.6 Å². The Balaban J connectivity index is 2.37. The predicted molar refractivity (Wildman–Crippen MR) is 62.5 cm³/mol. The molecule has 17 heavy (non-hydrogen) atoms. The number of para-hydroxylation sites is 1. The summed E-state index contributed by atoms with van der Waals surface area (Å²) in [5, 5.41) is 0. The van der Waals surface area contributed by atoms with Crippen LogP contribution < -0.4 is 10.6 Å². The predicted octanol–water partition coefficient (Wildman–Crippen LogP) is 0.0760. The van der Waals surface area contributed by atoms with Crippen LogP contribution in [0.1, 0.15) is 5.56 Å². The van der Waals surface area contributed by atoms with Gasteiger partial charge in [0.05, 0.1) is 0 Å². The fourth-order valence-corrected chi connectivity index (χ4v) is 2.11. The number of fused-ring (bicyclic) bond motifs is 1. The summed E-state index contributed by atoms with van der Waals surface area (Å²) in [7, 11) is 1.44. The summed E-state index contributed by atoms with van der Waals surface area (Å²) in [6.07, 6.45) is 0.473. The zero-order valence-electron chi connectivity index (χ0n) is 9.55. The molecule has 0 saturated carbocycles. The van der Waals surface area contributed by atoms with Crippen LogP contribution in [0.3, 0.4) is 0 Å². The van der Waals surface area contributed by atoms with Gasteiger partial charge in [-0.05, 0) is 11.6 Å². The van der Waals surface area contributed by atoms with Crippen molar-refractivity contribution < 1.29 is 14.3 Å². The van der Waals surface area contributed by atoms with Crippen LogP contribution in [0.15, 0.2) is 24.3 Å². The third-order valence-corrected chi connectivity index (χ3v) is 2.84. The molecule has 5 heteroatoms. The Hall–Kier alpha value is -1.88. The molecule has 2 N–H and O–H groups in total. The molecule has 0 bridgehead atoms. The van der Waals surface area contributed by atoms with Gasteiger partial charge in [-0.2, -0.15) is 0 Å².